The maximum Gasteiger partial charge on any atom is 0.180 e. The zero-order valence-corrected chi connectivity index (χ0v) is 7.88. The highest BCUT2D eigenvalue weighted by molar-refractivity contribution is 5.12. The Bertz CT molecular complexity index is 218. The molecule has 2 heteroatoms. The maximum atomic E-state index is 9.04. The largest absolute Gasteiger partial charge is 0.301 e. The van der Waals surface area contributed by atoms with Crippen LogP contribution in [0.15, 0.2) is 0 Å². The zero-order valence-electron chi connectivity index (χ0n) is 7.88. The molecule has 12 heavy (non-hydrogen) atoms. The first-order valence-electron chi connectivity index (χ1n) is 4.90. The fraction of sp³-hybridized carbons (Fsp3) is 0.900. The van der Waals surface area contributed by atoms with Crippen molar-refractivity contribution in [1.29, 1.82) is 5.26 Å². The van der Waals surface area contributed by atoms with E-state index in [1.807, 2.05) is 0 Å². The summed E-state index contributed by atoms with van der Waals surface area (Å²) in [4.78, 5) is 2.08. The standard InChI is InChI=1S/C10H16N2/c1-8(2)10-5-3-9(4-6-10)12(10)7-11/h8-9H,3-6H2,1-2H3. The molecule has 2 aliphatic rings. The van der Waals surface area contributed by atoms with Gasteiger partial charge in [-0.2, -0.15) is 5.26 Å². The lowest BCUT2D eigenvalue weighted by Crippen LogP contribution is -2.42. The van der Waals surface area contributed by atoms with E-state index >= 15 is 0 Å². The molecule has 0 aromatic carbocycles. The molecule has 0 spiro atoms. The lowest BCUT2D eigenvalue weighted by atomic mass is 9.79. The van der Waals surface area contributed by atoms with Gasteiger partial charge in [0.05, 0.1) is 5.54 Å². The fourth-order valence-corrected chi connectivity index (χ4v) is 3.00. The highest BCUT2D eigenvalue weighted by atomic mass is 15.3. The first kappa shape index (κ1) is 7.91. The van der Waals surface area contributed by atoms with Crippen LogP contribution in [0.25, 0.3) is 0 Å². The second kappa shape index (κ2) is 2.39. The molecule has 2 rings (SSSR count). The zero-order chi connectivity index (χ0) is 8.77. The molecule has 0 aliphatic carbocycles. The van der Waals surface area contributed by atoms with Crippen molar-refractivity contribution in [3.8, 4) is 6.19 Å². The molecule has 0 amide bonds. The Morgan fingerprint density at radius 3 is 2.33 bits per heavy atom. The smallest absolute Gasteiger partial charge is 0.180 e. The first-order chi connectivity index (χ1) is 5.70. The number of hydrogen-bond acceptors (Lipinski definition) is 2. The predicted octanol–water partition coefficient (Wildman–Crippen LogP) is 2.12. The van der Waals surface area contributed by atoms with Crippen LogP contribution in [0, 0.1) is 17.4 Å². The maximum absolute atomic E-state index is 9.04. The van der Waals surface area contributed by atoms with E-state index in [1.54, 1.807) is 0 Å². The molecule has 2 fully saturated rings. The summed E-state index contributed by atoms with van der Waals surface area (Å²) in [5, 5.41) is 9.04. The van der Waals surface area contributed by atoms with Crippen LogP contribution in [-0.4, -0.2) is 16.5 Å². The number of nitriles is 1. The van der Waals surface area contributed by atoms with Gasteiger partial charge in [-0.25, -0.2) is 0 Å². The summed E-state index contributed by atoms with van der Waals surface area (Å²) < 4.78 is 0. The van der Waals surface area contributed by atoms with E-state index in [-0.39, 0.29) is 5.54 Å². The van der Waals surface area contributed by atoms with Crippen molar-refractivity contribution in [1.82, 2.24) is 4.90 Å². The van der Waals surface area contributed by atoms with Crippen molar-refractivity contribution in [2.75, 3.05) is 0 Å². The molecule has 2 aliphatic heterocycles. The minimum Gasteiger partial charge on any atom is -0.301 e. The van der Waals surface area contributed by atoms with Crippen LogP contribution in [0.1, 0.15) is 39.5 Å². The summed E-state index contributed by atoms with van der Waals surface area (Å²) in [7, 11) is 0. The van der Waals surface area contributed by atoms with Gasteiger partial charge in [0.1, 0.15) is 0 Å². The number of fused-ring (bicyclic) bond motifs is 2. The van der Waals surface area contributed by atoms with Gasteiger partial charge in [0, 0.05) is 6.04 Å². The predicted molar refractivity (Wildman–Crippen MR) is 47.3 cm³/mol. The fourth-order valence-electron chi connectivity index (χ4n) is 3.00. The Morgan fingerprint density at radius 1 is 1.42 bits per heavy atom. The summed E-state index contributed by atoms with van der Waals surface area (Å²) in [5.41, 5.74) is 0.249. The average Bonchev–Trinajstić information content (AvgIpc) is 2.58. The van der Waals surface area contributed by atoms with E-state index in [9.17, 15) is 0 Å². The number of rotatable bonds is 1. The third-order valence-corrected chi connectivity index (χ3v) is 3.85. The van der Waals surface area contributed by atoms with Gasteiger partial charge in [-0.15, -0.1) is 0 Å². The van der Waals surface area contributed by atoms with Crippen LogP contribution in [0.4, 0.5) is 0 Å². The molecule has 0 N–H and O–H groups in total. The van der Waals surface area contributed by atoms with E-state index in [0.717, 1.165) is 0 Å². The summed E-state index contributed by atoms with van der Waals surface area (Å²) >= 11 is 0. The Labute approximate surface area is 74.2 Å². The van der Waals surface area contributed by atoms with Crippen molar-refractivity contribution in [3.05, 3.63) is 0 Å². The lowest BCUT2D eigenvalue weighted by Gasteiger charge is -2.35. The van der Waals surface area contributed by atoms with Crippen LogP contribution in [-0.2, 0) is 0 Å². The van der Waals surface area contributed by atoms with Crippen LogP contribution in [0.2, 0.25) is 0 Å². The molecule has 0 saturated carbocycles. The average molecular weight is 164 g/mol. The van der Waals surface area contributed by atoms with Crippen LogP contribution >= 0.6 is 0 Å². The van der Waals surface area contributed by atoms with Gasteiger partial charge in [-0.3, -0.25) is 0 Å². The molecule has 2 heterocycles. The molecule has 0 atom stereocenters. The van der Waals surface area contributed by atoms with E-state index in [4.69, 9.17) is 5.26 Å². The quantitative estimate of drug-likeness (QED) is 0.555. The molecule has 2 nitrogen and oxygen atoms in total. The minimum atomic E-state index is 0.249. The third-order valence-electron chi connectivity index (χ3n) is 3.85. The summed E-state index contributed by atoms with van der Waals surface area (Å²) in [6, 6.07) is 0.581. The highest BCUT2D eigenvalue weighted by Crippen LogP contribution is 2.49. The number of hydrogen-bond donors (Lipinski definition) is 0. The van der Waals surface area contributed by atoms with Gasteiger partial charge < -0.3 is 4.90 Å². The minimum absolute atomic E-state index is 0.249. The van der Waals surface area contributed by atoms with E-state index in [0.29, 0.717) is 12.0 Å². The molecule has 66 valence electrons. The second-order valence-corrected chi connectivity index (χ2v) is 4.46. The van der Waals surface area contributed by atoms with Gasteiger partial charge in [-0.1, -0.05) is 13.8 Å². The van der Waals surface area contributed by atoms with E-state index < -0.39 is 0 Å². The Kier molecular flexibility index (Phi) is 1.57. The molecule has 2 saturated heterocycles. The molecule has 0 aromatic heterocycles. The molecule has 0 aromatic rings. The van der Waals surface area contributed by atoms with Gasteiger partial charge in [0.2, 0.25) is 0 Å². The lowest BCUT2D eigenvalue weighted by molar-refractivity contribution is 0.166. The SMILES string of the molecule is CC(C)C12CCC(CC1)N2C#N. The van der Waals surface area contributed by atoms with Gasteiger partial charge in [0.25, 0.3) is 0 Å². The molecule has 2 bridgehead atoms. The summed E-state index contributed by atoms with van der Waals surface area (Å²) in [5.74, 6) is 0.629. The van der Waals surface area contributed by atoms with Crippen molar-refractivity contribution in [2.45, 2.75) is 51.1 Å². The third kappa shape index (κ3) is 0.744. The first-order valence-corrected chi connectivity index (χ1v) is 4.90. The van der Waals surface area contributed by atoms with Crippen LogP contribution in [0.3, 0.4) is 0 Å². The van der Waals surface area contributed by atoms with Gasteiger partial charge >= 0.3 is 0 Å². The van der Waals surface area contributed by atoms with Crippen molar-refractivity contribution >= 4 is 0 Å². The van der Waals surface area contributed by atoms with E-state index in [1.165, 1.54) is 25.7 Å². The molecular formula is C10H16N2. The van der Waals surface area contributed by atoms with Crippen molar-refractivity contribution in [3.63, 3.8) is 0 Å². The topological polar surface area (TPSA) is 27.0 Å². The Balaban J connectivity index is 2.31. The van der Waals surface area contributed by atoms with Crippen LogP contribution < -0.4 is 0 Å². The summed E-state index contributed by atoms with van der Waals surface area (Å²) in [6.45, 7) is 4.50. The normalized spacial score (nSPS) is 39.2. The monoisotopic (exact) mass is 164 g/mol. The van der Waals surface area contributed by atoms with Gasteiger partial charge in [-0.05, 0) is 31.6 Å². The van der Waals surface area contributed by atoms with Crippen LogP contribution in [0.5, 0.6) is 0 Å². The molecular weight excluding hydrogens is 148 g/mol. The Hall–Kier alpha value is -0.710. The van der Waals surface area contributed by atoms with Gasteiger partial charge in [0.15, 0.2) is 6.19 Å². The van der Waals surface area contributed by atoms with E-state index in [2.05, 4.69) is 24.9 Å². The summed E-state index contributed by atoms with van der Waals surface area (Å²) in [6.07, 6.45) is 7.34. The second-order valence-electron chi connectivity index (χ2n) is 4.46. The number of nitrogens with zero attached hydrogens (tertiary/aromatic N) is 2. The molecule has 0 unspecified atom stereocenters. The van der Waals surface area contributed by atoms with Crippen molar-refractivity contribution < 1.29 is 0 Å². The Morgan fingerprint density at radius 2 is 2.00 bits per heavy atom. The van der Waals surface area contributed by atoms with Crippen molar-refractivity contribution in [2.24, 2.45) is 5.92 Å². The molecule has 0 radical (unpaired) electrons. The highest BCUT2D eigenvalue weighted by Gasteiger charge is 2.52.